The van der Waals surface area contributed by atoms with Gasteiger partial charge in [0.2, 0.25) is 0 Å². The van der Waals surface area contributed by atoms with Crippen LogP contribution in [0, 0.1) is 11.7 Å². The number of hydrogen-bond acceptors (Lipinski definition) is 5. The summed E-state index contributed by atoms with van der Waals surface area (Å²) in [6.45, 7) is 7.90. The van der Waals surface area contributed by atoms with E-state index in [2.05, 4.69) is 10.6 Å². The summed E-state index contributed by atoms with van der Waals surface area (Å²) in [5.74, 6) is 0.850. The number of hydrogen-bond donors (Lipinski definition) is 2. The number of rotatable bonds is 11. The summed E-state index contributed by atoms with van der Waals surface area (Å²) in [7, 11) is 0. The number of nitrogens with one attached hydrogen (secondary N) is 2. The molecule has 2 heterocycles. The smallest absolute Gasteiger partial charge is 0.318 e. The van der Waals surface area contributed by atoms with Crippen molar-refractivity contribution in [2.24, 2.45) is 5.92 Å². The van der Waals surface area contributed by atoms with Gasteiger partial charge >= 0.3 is 6.03 Å². The molecule has 2 N–H and O–H groups in total. The Kier molecular flexibility index (Phi) is 10.2. The molecule has 37 heavy (non-hydrogen) atoms. The molecule has 2 atom stereocenters. The van der Waals surface area contributed by atoms with Gasteiger partial charge < -0.3 is 29.7 Å². The van der Waals surface area contributed by atoms with Crippen molar-refractivity contribution >= 4 is 6.03 Å². The number of carbonyl (C=O) groups excluding carboxylic acids is 1. The normalized spacial score (nSPS) is 20.2. The van der Waals surface area contributed by atoms with E-state index in [0.29, 0.717) is 32.2 Å². The topological polar surface area (TPSA) is 72.1 Å². The molecule has 2 aliphatic rings. The van der Waals surface area contributed by atoms with Crippen molar-refractivity contribution in [3.05, 3.63) is 65.5 Å². The molecule has 7 nitrogen and oxygen atoms in total. The van der Waals surface area contributed by atoms with E-state index in [-0.39, 0.29) is 30.3 Å². The Hall–Kier alpha value is -2.68. The Bertz CT molecular complexity index is 964. The molecule has 2 aliphatic heterocycles. The first-order valence-corrected chi connectivity index (χ1v) is 13.5. The number of halogens is 1. The highest BCUT2D eigenvalue weighted by Crippen LogP contribution is 2.26. The van der Waals surface area contributed by atoms with E-state index in [1.165, 1.54) is 12.1 Å². The second-order valence-corrected chi connectivity index (χ2v) is 10.1. The molecule has 2 aromatic carbocycles. The summed E-state index contributed by atoms with van der Waals surface area (Å²) in [6.07, 6.45) is 3.70. The zero-order valence-electron chi connectivity index (χ0n) is 22.0. The fourth-order valence-electron chi connectivity index (χ4n) is 5.10. The van der Waals surface area contributed by atoms with Crippen LogP contribution in [-0.2, 0) is 22.6 Å². The molecule has 4 rings (SSSR count). The van der Waals surface area contributed by atoms with Gasteiger partial charge in [-0.3, -0.25) is 0 Å². The molecule has 0 aromatic heterocycles. The highest BCUT2D eigenvalue weighted by molar-refractivity contribution is 5.74. The number of urea groups is 1. The zero-order chi connectivity index (χ0) is 26.0. The highest BCUT2D eigenvalue weighted by atomic mass is 19.1. The van der Waals surface area contributed by atoms with Gasteiger partial charge in [0.15, 0.2) is 6.29 Å². The van der Waals surface area contributed by atoms with E-state index in [0.717, 1.165) is 55.6 Å². The predicted octanol–water partition coefficient (Wildman–Crippen LogP) is 4.85. The first kappa shape index (κ1) is 27.4. The number of nitrogens with zero attached hydrogens (tertiary/aromatic N) is 1. The largest absolute Gasteiger partial charge is 0.491 e. The van der Waals surface area contributed by atoms with Gasteiger partial charge in [-0.05, 0) is 93.9 Å². The van der Waals surface area contributed by atoms with Crippen LogP contribution in [0.2, 0.25) is 0 Å². The average Bonchev–Trinajstić information content (AvgIpc) is 3.41. The molecule has 2 unspecified atom stereocenters. The van der Waals surface area contributed by atoms with Gasteiger partial charge in [0.1, 0.15) is 11.6 Å². The molecule has 8 heteroatoms. The van der Waals surface area contributed by atoms with Crippen molar-refractivity contribution in [2.75, 3.05) is 26.3 Å². The van der Waals surface area contributed by atoms with Gasteiger partial charge in [0.05, 0.1) is 19.3 Å². The second-order valence-electron chi connectivity index (χ2n) is 10.1. The summed E-state index contributed by atoms with van der Waals surface area (Å²) >= 11 is 0. The number of ether oxygens (including phenoxy) is 3. The van der Waals surface area contributed by atoms with Crippen LogP contribution in [0.25, 0.3) is 0 Å². The average molecular weight is 514 g/mol. The van der Waals surface area contributed by atoms with E-state index in [4.69, 9.17) is 14.2 Å². The Morgan fingerprint density at radius 2 is 1.78 bits per heavy atom. The molecule has 0 aliphatic carbocycles. The first-order valence-electron chi connectivity index (χ1n) is 13.5. The van der Waals surface area contributed by atoms with Crippen LogP contribution in [0.1, 0.15) is 50.7 Å². The lowest BCUT2D eigenvalue weighted by atomic mass is 9.87. The van der Waals surface area contributed by atoms with Crippen LogP contribution in [0.15, 0.2) is 48.5 Å². The minimum Gasteiger partial charge on any atom is -0.491 e. The van der Waals surface area contributed by atoms with Gasteiger partial charge in [0.25, 0.3) is 0 Å². The van der Waals surface area contributed by atoms with Crippen molar-refractivity contribution in [3.8, 4) is 5.75 Å². The van der Waals surface area contributed by atoms with Crippen LogP contribution in [0.4, 0.5) is 9.18 Å². The number of amides is 2. The van der Waals surface area contributed by atoms with Gasteiger partial charge in [-0.15, -0.1) is 0 Å². The molecule has 0 saturated carbocycles. The minimum absolute atomic E-state index is 0.0820. The zero-order valence-corrected chi connectivity index (χ0v) is 22.0. The van der Waals surface area contributed by atoms with E-state index >= 15 is 0 Å². The minimum atomic E-state index is -0.277. The lowest BCUT2D eigenvalue weighted by Gasteiger charge is -2.40. The molecule has 2 fully saturated rings. The standard InChI is InChI=1S/C29H40FN3O4/c1-21(2)37-26-12-8-22(9-13-26)18-32-29(34)33(20-23-6-10-25(30)11-7-23)27-14-15-31-19-24(27)4-3-5-28-35-16-17-36-28/h6-13,21,24,27-28,31H,3-5,14-20H2,1-2H3,(H,32,34). The maximum absolute atomic E-state index is 13.6. The van der Waals surface area contributed by atoms with Gasteiger partial charge in [-0.2, -0.15) is 0 Å². The van der Waals surface area contributed by atoms with Crippen LogP contribution >= 0.6 is 0 Å². The van der Waals surface area contributed by atoms with E-state index in [9.17, 15) is 9.18 Å². The first-order chi connectivity index (χ1) is 18.0. The fraction of sp³-hybridized carbons (Fsp3) is 0.552. The fourth-order valence-corrected chi connectivity index (χ4v) is 5.10. The molecule has 2 aromatic rings. The van der Waals surface area contributed by atoms with E-state index in [1.807, 2.05) is 43.0 Å². The highest BCUT2D eigenvalue weighted by Gasteiger charge is 2.33. The quantitative estimate of drug-likeness (QED) is 0.450. The maximum Gasteiger partial charge on any atom is 0.318 e. The second kappa shape index (κ2) is 13.7. The van der Waals surface area contributed by atoms with Crippen LogP contribution < -0.4 is 15.4 Å². The molecule has 0 radical (unpaired) electrons. The summed E-state index contributed by atoms with van der Waals surface area (Å²) < 4.78 is 30.4. The molecule has 2 amide bonds. The van der Waals surface area contributed by atoms with Crippen molar-refractivity contribution in [1.29, 1.82) is 0 Å². The number of benzene rings is 2. The van der Waals surface area contributed by atoms with E-state index in [1.54, 1.807) is 12.1 Å². The van der Waals surface area contributed by atoms with Crippen molar-refractivity contribution in [1.82, 2.24) is 15.5 Å². The van der Waals surface area contributed by atoms with Crippen molar-refractivity contribution < 1.29 is 23.4 Å². The Balaban J connectivity index is 1.42. The number of piperidine rings is 1. The third-order valence-electron chi connectivity index (χ3n) is 6.94. The third kappa shape index (κ3) is 8.42. The summed E-state index contributed by atoms with van der Waals surface area (Å²) in [5, 5.41) is 6.62. The van der Waals surface area contributed by atoms with Gasteiger partial charge in [0, 0.05) is 19.1 Å². The monoisotopic (exact) mass is 513 g/mol. The van der Waals surface area contributed by atoms with E-state index < -0.39 is 0 Å². The van der Waals surface area contributed by atoms with Crippen molar-refractivity contribution in [3.63, 3.8) is 0 Å². The van der Waals surface area contributed by atoms with Crippen LogP contribution in [0.5, 0.6) is 5.75 Å². The lowest BCUT2D eigenvalue weighted by Crippen LogP contribution is -2.54. The van der Waals surface area contributed by atoms with Gasteiger partial charge in [-0.1, -0.05) is 24.3 Å². The lowest BCUT2D eigenvalue weighted by molar-refractivity contribution is -0.0491. The summed E-state index contributed by atoms with van der Waals surface area (Å²) in [5.41, 5.74) is 1.92. The Morgan fingerprint density at radius 3 is 2.49 bits per heavy atom. The molecule has 0 spiro atoms. The van der Waals surface area contributed by atoms with Crippen LogP contribution in [0.3, 0.4) is 0 Å². The molecule has 202 valence electrons. The molecule has 2 saturated heterocycles. The maximum atomic E-state index is 13.6. The Morgan fingerprint density at radius 1 is 1.08 bits per heavy atom. The Labute approximate surface area is 219 Å². The summed E-state index contributed by atoms with van der Waals surface area (Å²) in [4.78, 5) is 15.5. The van der Waals surface area contributed by atoms with Crippen molar-refractivity contribution in [2.45, 2.75) is 71.1 Å². The number of carbonyl (C=O) groups is 1. The third-order valence-corrected chi connectivity index (χ3v) is 6.94. The molecular weight excluding hydrogens is 473 g/mol. The molecular formula is C29H40FN3O4. The van der Waals surface area contributed by atoms with Gasteiger partial charge in [-0.25, -0.2) is 9.18 Å². The predicted molar refractivity (Wildman–Crippen MR) is 141 cm³/mol. The SMILES string of the molecule is CC(C)Oc1ccc(CNC(=O)N(Cc2ccc(F)cc2)C2CCNCC2CCCC2OCCO2)cc1. The molecule has 0 bridgehead atoms. The summed E-state index contributed by atoms with van der Waals surface area (Å²) in [6, 6.07) is 14.2. The van der Waals surface area contributed by atoms with Crippen LogP contribution in [-0.4, -0.2) is 55.7 Å².